The van der Waals surface area contributed by atoms with E-state index in [2.05, 4.69) is 0 Å². The van der Waals surface area contributed by atoms with Crippen molar-refractivity contribution in [2.24, 2.45) is 0 Å². The van der Waals surface area contributed by atoms with Gasteiger partial charge in [-0.15, -0.1) is 0 Å². The highest BCUT2D eigenvalue weighted by atomic mass is 19.1. The van der Waals surface area contributed by atoms with Crippen molar-refractivity contribution in [1.29, 1.82) is 0 Å². The van der Waals surface area contributed by atoms with Crippen molar-refractivity contribution >= 4 is 5.97 Å². The molecule has 3 N–H and O–H groups in total. The van der Waals surface area contributed by atoms with Gasteiger partial charge in [-0.2, -0.15) is 0 Å². The molecule has 94 valence electrons. The molecule has 1 aromatic rings. The molecule has 0 fully saturated rings. The number of carboxylic acids is 1. The highest BCUT2D eigenvalue weighted by Gasteiger charge is 2.23. The number of halogens is 1. The van der Waals surface area contributed by atoms with Gasteiger partial charge < -0.3 is 20.1 Å². The van der Waals surface area contributed by atoms with Gasteiger partial charge in [-0.3, -0.25) is 4.79 Å². The molecular formula is C11H13FO5. The fraction of sp³-hybridized carbons (Fsp3) is 0.364. The van der Waals surface area contributed by atoms with E-state index in [1.165, 1.54) is 19.2 Å². The molecule has 2 atom stereocenters. The van der Waals surface area contributed by atoms with Crippen molar-refractivity contribution in [3.05, 3.63) is 29.6 Å². The zero-order valence-electron chi connectivity index (χ0n) is 9.13. The van der Waals surface area contributed by atoms with Crippen LogP contribution < -0.4 is 4.74 Å². The van der Waals surface area contributed by atoms with Crippen LogP contribution in [0, 0.1) is 5.82 Å². The summed E-state index contributed by atoms with van der Waals surface area (Å²) in [5.74, 6) is -1.77. The predicted molar refractivity (Wildman–Crippen MR) is 56.2 cm³/mol. The van der Waals surface area contributed by atoms with E-state index in [1.807, 2.05) is 0 Å². The van der Waals surface area contributed by atoms with Gasteiger partial charge in [-0.1, -0.05) is 0 Å². The number of aliphatic hydroxyl groups excluding tert-OH is 2. The highest BCUT2D eigenvalue weighted by Crippen LogP contribution is 2.25. The average Bonchev–Trinajstić information content (AvgIpc) is 2.27. The Balaban J connectivity index is 2.88. The van der Waals surface area contributed by atoms with Crippen LogP contribution in [-0.2, 0) is 4.79 Å². The Labute approximate surface area is 97.1 Å². The number of carbonyl (C=O) groups is 1. The molecule has 0 bridgehead atoms. The Morgan fingerprint density at radius 3 is 2.59 bits per heavy atom. The molecule has 0 spiro atoms. The predicted octanol–water partition coefficient (Wildman–Crippen LogP) is 0.703. The van der Waals surface area contributed by atoms with Crippen molar-refractivity contribution in [3.8, 4) is 5.75 Å². The molecule has 0 saturated carbocycles. The molecule has 0 aliphatic rings. The minimum atomic E-state index is -1.59. The lowest BCUT2D eigenvalue weighted by Crippen LogP contribution is -2.22. The monoisotopic (exact) mass is 244 g/mol. The maximum atomic E-state index is 13.5. The number of benzene rings is 1. The second kappa shape index (κ2) is 5.60. The fourth-order valence-corrected chi connectivity index (χ4v) is 1.37. The second-order valence-electron chi connectivity index (χ2n) is 3.50. The lowest BCUT2D eigenvalue weighted by atomic mass is 10.0. The van der Waals surface area contributed by atoms with Crippen LogP contribution in [0.1, 0.15) is 18.1 Å². The first-order chi connectivity index (χ1) is 7.95. The van der Waals surface area contributed by atoms with E-state index >= 15 is 0 Å². The molecule has 5 nitrogen and oxygen atoms in total. The lowest BCUT2D eigenvalue weighted by Gasteiger charge is -2.17. The van der Waals surface area contributed by atoms with Crippen LogP contribution in [0.3, 0.4) is 0 Å². The van der Waals surface area contributed by atoms with Crippen LogP contribution in [0.15, 0.2) is 18.2 Å². The van der Waals surface area contributed by atoms with E-state index in [1.54, 1.807) is 0 Å². The zero-order chi connectivity index (χ0) is 13.0. The van der Waals surface area contributed by atoms with Gasteiger partial charge >= 0.3 is 5.97 Å². The Morgan fingerprint density at radius 1 is 1.47 bits per heavy atom. The van der Waals surface area contributed by atoms with Crippen LogP contribution in [0.2, 0.25) is 0 Å². The number of rotatable bonds is 5. The van der Waals surface area contributed by atoms with E-state index in [-0.39, 0.29) is 11.3 Å². The van der Waals surface area contributed by atoms with Gasteiger partial charge in [0.1, 0.15) is 17.7 Å². The normalized spacial score (nSPS) is 14.1. The van der Waals surface area contributed by atoms with Crippen molar-refractivity contribution in [2.45, 2.75) is 18.6 Å². The largest absolute Gasteiger partial charge is 0.497 e. The highest BCUT2D eigenvalue weighted by molar-refractivity contribution is 5.67. The molecule has 0 aromatic heterocycles. The number of methoxy groups -OCH3 is 1. The summed E-state index contributed by atoms with van der Waals surface area (Å²) in [5.41, 5.74) is -0.167. The van der Waals surface area contributed by atoms with Crippen LogP contribution in [0.25, 0.3) is 0 Å². The molecule has 0 heterocycles. The summed E-state index contributed by atoms with van der Waals surface area (Å²) >= 11 is 0. The Kier molecular flexibility index (Phi) is 4.42. The number of ether oxygens (including phenoxy) is 1. The van der Waals surface area contributed by atoms with Gasteiger partial charge in [0.15, 0.2) is 0 Å². The SMILES string of the molecule is COc1ccc(C(O)C(O)CC(=O)O)c(F)c1. The van der Waals surface area contributed by atoms with E-state index in [4.69, 9.17) is 9.84 Å². The van der Waals surface area contributed by atoms with Crippen molar-refractivity contribution in [2.75, 3.05) is 7.11 Å². The topological polar surface area (TPSA) is 87.0 Å². The van der Waals surface area contributed by atoms with Crippen LogP contribution in [0.5, 0.6) is 5.75 Å². The molecule has 0 saturated heterocycles. The maximum absolute atomic E-state index is 13.5. The van der Waals surface area contributed by atoms with Crippen molar-refractivity contribution < 1.29 is 29.2 Å². The van der Waals surface area contributed by atoms with Gasteiger partial charge in [0, 0.05) is 11.6 Å². The Hall–Kier alpha value is -1.66. The smallest absolute Gasteiger partial charge is 0.306 e. The number of carboxylic acid groups (broad SMARTS) is 1. The van der Waals surface area contributed by atoms with Crippen molar-refractivity contribution in [3.63, 3.8) is 0 Å². The van der Waals surface area contributed by atoms with E-state index in [9.17, 15) is 19.4 Å². The van der Waals surface area contributed by atoms with E-state index in [0.29, 0.717) is 0 Å². The minimum Gasteiger partial charge on any atom is -0.497 e. The third-order valence-electron chi connectivity index (χ3n) is 2.27. The summed E-state index contributed by atoms with van der Waals surface area (Å²) in [6, 6.07) is 3.70. The number of hydrogen-bond acceptors (Lipinski definition) is 4. The van der Waals surface area contributed by atoms with Gasteiger partial charge in [-0.25, -0.2) is 4.39 Å². The second-order valence-corrected chi connectivity index (χ2v) is 3.50. The minimum absolute atomic E-state index is 0.167. The lowest BCUT2D eigenvalue weighted by molar-refractivity contribution is -0.141. The third kappa shape index (κ3) is 3.40. The molecular weight excluding hydrogens is 231 g/mol. The first-order valence-electron chi connectivity index (χ1n) is 4.87. The molecule has 2 unspecified atom stereocenters. The maximum Gasteiger partial charge on any atom is 0.306 e. The van der Waals surface area contributed by atoms with Crippen LogP contribution >= 0.6 is 0 Å². The summed E-state index contributed by atoms with van der Waals surface area (Å²) in [6.07, 6.45) is -3.81. The summed E-state index contributed by atoms with van der Waals surface area (Å²) in [6.45, 7) is 0. The van der Waals surface area contributed by atoms with Crippen LogP contribution in [-0.4, -0.2) is 34.5 Å². The first-order valence-corrected chi connectivity index (χ1v) is 4.87. The summed E-state index contributed by atoms with van der Waals surface area (Å²) < 4.78 is 18.3. The molecule has 0 radical (unpaired) electrons. The molecule has 1 rings (SSSR count). The summed E-state index contributed by atoms with van der Waals surface area (Å²) in [5, 5.41) is 27.4. The molecule has 6 heteroatoms. The van der Waals surface area contributed by atoms with Gasteiger partial charge in [0.05, 0.1) is 19.6 Å². The summed E-state index contributed by atoms with van der Waals surface area (Å²) in [4.78, 5) is 10.3. The molecule has 1 aromatic carbocycles. The van der Waals surface area contributed by atoms with Gasteiger partial charge in [0.25, 0.3) is 0 Å². The van der Waals surface area contributed by atoms with Crippen molar-refractivity contribution in [1.82, 2.24) is 0 Å². The molecule has 0 aliphatic heterocycles. The average molecular weight is 244 g/mol. The fourth-order valence-electron chi connectivity index (χ4n) is 1.37. The molecule has 0 aliphatic carbocycles. The van der Waals surface area contributed by atoms with Crippen LogP contribution in [0.4, 0.5) is 4.39 Å². The zero-order valence-corrected chi connectivity index (χ0v) is 9.13. The molecule has 17 heavy (non-hydrogen) atoms. The summed E-state index contributed by atoms with van der Waals surface area (Å²) in [7, 11) is 1.37. The number of aliphatic carboxylic acids is 1. The Morgan fingerprint density at radius 2 is 2.12 bits per heavy atom. The number of hydrogen-bond donors (Lipinski definition) is 3. The van der Waals surface area contributed by atoms with Gasteiger partial charge in [-0.05, 0) is 12.1 Å². The quantitative estimate of drug-likeness (QED) is 0.709. The molecule has 0 amide bonds. The van der Waals surface area contributed by atoms with E-state index in [0.717, 1.165) is 6.07 Å². The standard InChI is InChI=1S/C11H13FO5/c1-17-6-2-3-7(8(12)4-6)11(16)9(13)5-10(14)15/h2-4,9,11,13,16H,5H2,1H3,(H,14,15). The third-order valence-corrected chi connectivity index (χ3v) is 2.27. The van der Waals surface area contributed by atoms with Gasteiger partial charge in [0.2, 0.25) is 0 Å². The first kappa shape index (κ1) is 13.4. The van der Waals surface area contributed by atoms with E-state index < -0.39 is 30.4 Å². The number of aliphatic hydroxyl groups is 2. The Bertz CT molecular complexity index is 407.